The lowest BCUT2D eigenvalue weighted by Crippen LogP contribution is -2.62. The van der Waals surface area contributed by atoms with E-state index in [1.807, 2.05) is 19.9 Å². The molecule has 2 aromatic heterocycles. The number of hydrogen-bond donors (Lipinski definition) is 0. The van der Waals surface area contributed by atoms with Gasteiger partial charge in [-0.2, -0.15) is 10.2 Å². The van der Waals surface area contributed by atoms with Gasteiger partial charge in [0.1, 0.15) is 0 Å². The Labute approximate surface area is 181 Å². The van der Waals surface area contributed by atoms with Gasteiger partial charge in [0.2, 0.25) is 11.1 Å². The zero-order valence-corrected chi connectivity index (χ0v) is 18.5. The Morgan fingerprint density at radius 3 is 2.53 bits per heavy atom. The maximum atomic E-state index is 13.4. The Balaban J connectivity index is 1.34. The van der Waals surface area contributed by atoms with E-state index in [0.717, 1.165) is 48.4 Å². The molecule has 2 aromatic rings. The van der Waals surface area contributed by atoms with E-state index < -0.39 is 0 Å². The Bertz CT molecular complexity index is 989. The number of fused-ring (bicyclic) bond motifs is 1. The van der Waals surface area contributed by atoms with Gasteiger partial charge in [0.25, 0.3) is 5.78 Å². The lowest BCUT2D eigenvalue weighted by atomic mass is 9.52. The largest absolute Gasteiger partial charge is 0.335 e. The van der Waals surface area contributed by atoms with Gasteiger partial charge in [0.15, 0.2) is 0 Å². The second-order valence-electron chi connectivity index (χ2n) is 9.53. The summed E-state index contributed by atoms with van der Waals surface area (Å²) in [5.41, 5.74) is 1.86. The van der Waals surface area contributed by atoms with Crippen LogP contribution in [0.2, 0.25) is 0 Å². The number of hydrogen-bond acceptors (Lipinski definition) is 6. The third-order valence-electron chi connectivity index (χ3n) is 7.25. The van der Waals surface area contributed by atoms with Crippen molar-refractivity contribution in [2.45, 2.75) is 69.5 Å². The molecule has 30 heavy (non-hydrogen) atoms. The Kier molecular flexibility index (Phi) is 4.97. The Morgan fingerprint density at radius 1 is 1.23 bits per heavy atom. The van der Waals surface area contributed by atoms with E-state index in [2.05, 4.69) is 26.0 Å². The predicted octanol–water partition coefficient (Wildman–Crippen LogP) is 3.54. The number of nitrogens with zero attached hydrogens (tertiary/aromatic N) is 6. The number of carbonyl (C=O) groups is 1. The molecule has 4 saturated carbocycles. The number of amides is 1. The summed E-state index contributed by atoms with van der Waals surface area (Å²) in [6.07, 6.45) is 7.77. The minimum absolute atomic E-state index is 0.0230. The molecule has 2 heterocycles. The first-order chi connectivity index (χ1) is 14.5. The molecule has 4 aliphatic carbocycles. The highest BCUT2D eigenvalue weighted by atomic mass is 32.2. The monoisotopic (exact) mass is 424 g/mol. The van der Waals surface area contributed by atoms with Crippen LogP contribution < -0.4 is 0 Å². The standard InChI is InChI=1S/C22H28N6OS/c1-14-6-15(2)28-20(24-14)25-21(26-28)30-13-19(29)27(5-3-4-23)22-10-16-7-17(11-22)9-18(8-16)12-22/h6,16-18H,3,5,7-13H2,1-2H3. The Morgan fingerprint density at radius 2 is 1.90 bits per heavy atom. The van der Waals surface area contributed by atoms with Crippen molar-refractivity contribution < 1.29 is 4.79 Å². The van der Waals surface area contributed by atoms with E-state index in [9.17, 15) is 10.1 Å². The fourth-order valence-corrected chi connectivity index (χ4v) is 7.29. The van der Waals surface area contributed by atoms with Gasteiger partial charge < -0.3 is 4.90 Å². The molecular weight excluding hydrogens is 396 g/mol. The molecule has 4 aliphatic rings. The summed E-state index contributed by atoms with van der Waals surface area (Å²) in [5, 5.41) is 14.3. The molecule has 0 aromatic carbocycles. The maximum Gasteiger partial charge on any atom is 0.253 e. The molecule has 4 fully saturated rings. The molecule has 0 radical (unpaired) electrons. The minimum Gasteiger partial charge on any atom is -0.335 e. The molecule has 0 atom stereocenters. The van der Waals surface area contributed by atoms with E-state index >= 15 is 0 Å². The lowest BCUT2D eigenvalue weighted by molar-refractivity contribution is -0.147. The van der Waals surface area contributed by atoms with Crippen LogP contribution in [-0.2, 0) is 4.79 Å². The van der Waals surface area contributed by atoms with Crippen LogP contribution in [0, 0.1) is 42.9 Å². The molecule has 158 valence electrons. The molecule has 7 nitrogen and oxygen atoms in total. The number of carbonyl (C=O) groups excluding carboxylic acids is 1. The summed E-state index contributed by atoms with van der Waals surface area (Å²) in [7, 11) is 0. The van der Waals surface area contributed by atoms with Crippen molar-refractivity contribution in [2.75, 3.05) is 12.3 Å². The second kappa shape index (κ2) is 7.52. The van der Waals surface area contributed by atoms with Crippen molar-refractivity contribution in [2.24, 2.45) is 17.8 Å². The number of aryl methyl sites for hydroxylation is 2. The average molecular weight is 425 g/mol. The van der Waals surface area contributed by atoms with E-state index in [1.54, 1.807) is 4.52 Å². The Hall–Kier alpha value is -2.14. The molecule has 0 N–H and O–H groups in total. The van der Waals surface area contributed by atoms with Crippen molar-refractivity contribution >= 4 is 23.4 Å². The molecule has 0 unspecified atom stereocenters. The number of nitriles is 1. The van der Waals surface area contributed by atoms with Crippen LogP contribution in [0.3, 0.4) is 0 Å². The van der Waals surface area contributed by atoms with Gasteiger partial charge in [-0.05, 0) is 76.2 Å². The summed E-state index contributed by atoms with van der Waals surface area (Å²) in [5.74, 6) is 3.29. The first kappa shape index (κ1) is 19.8. The van der Waals surface area contributed by atoms with E-state index in [4.69, 9.17) is 0 Å². The highest BCUT2D eigenvalue weighted by molar-refractivity contribution is 7.99. The van der Waals surface area contributed by atoms with Crippen LogP contribution in [0.15, 0.2) is 11.2 Å². The van der Waals surface area contributed by atoms with E-state index in [1.165, 1.54) is 31.0 Å². The van der Waals surface area contributed by atoms with Gasteiger partial charge in [-0.15, -0.1) is 5.10 Å². The van der Waals surface area contributed by atoms with E-state index in [-0.39, 0.29) is 11.4 Å². The number of aromatic nitrogens is 4. The van der Waals surface area contributed by atoms with Crippen molar-refractivity contribution in [3.63, 3.8) is 0 Å². The van der Waals surface area contributed by atoms with Crippen LogP contribution in [0.25, 0.3) is 5.78 Å². The fraction of sp³-hybridized carbons (Fsp3) is 0.682. The molecule has 0 spiro atoms. The third-order valence-corrected chi connectivity index (χ3v) is 8.07. The highest BCUT2D eigenvalue weighted by Gasteiger charge is 2.54. The maximum absolute atomic E-state index is 13.4. The predicted molar refractivity (Wildman–Crippen MR) is 114 cm³/mol. The molecular formula is C22H28N6OS. The van der Waals surface area contributed by atoms with Crippen LogP contribution >= 0.6 is 11.8 Å². The van der Waals surface area contributed by atoms with Crippen LogP contribution in [-0.4, -0.2) is 48.2 Å². The van der Waals surface area contributed by atoms with Crippen molar-refractivity contribution in [3.05, 3.63) is 17.5 Å². The van der Waals surface area contributed by atoms with Crippen molar-refractivity contribution in [1.82, 2.24) is 24.5 Å². The van der Waals surface area contributed by atoms with Crippen LogP contribution in [0.4, 0.5) is 0 Å². The summed E-state index contributed by atoms with van der Waals surface area (Å²) in [6.45, 7) is 4.46. The molecule has 4 bridgehead atoms. The van der Waals surface area contributed by atoms with Crippen molar-refractivity contribution in [3.8, 4) is 6.07 Å². The summed E-state index contributed by atoms with van der Waals surface area (Å²) in [6, 6.07) is 4.22. The minimum atomic E-state index is -0.0230. The zero-order chi connectivity index (χ0) is 20.9. The molecule has 0 saturated heterocycles. The average Bonchev–Trinajstić information content (AvgIpc) is 3.08. The second-order valence-corrected chi connectivity index (χ2v) is 10.5. The van der Waals surface area contributed by atoms with Gasteiger partial charge in [-0.25, -0.2) is 9.50 Å². The van der Waals surface area contributed by atoms with Gasteiger partial charge in [0.05, 0.1) is 18.2 Å². The van der Waals surface area contributed by atoms with Gasteiger partial charge in [-0.1, -0.05) is 11.8 Å². The molecule has 6 rings (SSSR count). The van der Waals surface area contributed by atoms with Crippen LogP contribution in [0.1, 0.15) is 56.3 Å². The summed E-state index contributed by atoms with van der Waals surface area (Å²) < 4.78 is 1.73. The highest BCUT2D eigenvalue weighted by Crippen LogP contribution is 2.57. The normalized spacial score (nSPS) is 29.3. The quantitative estimate of drug-likeness (QED) is 0.659. The zero-order valence-electron chi connectivity index (χ0n) is 17.7. The smallest absolute Gasteiger partial charge is 0.253 e. The number of thioether (sulfide) groups is 1. The van der Waals surface area contributed by atoms with Gasteiger partial charge in [0, 0.05) is 23.5 Å². The SMILES string of the molecule is Cc1cc(C)n2nc(SCC(=O)N(CCC#N)C34CC5CC(CC(C5)C3)C4)nc2n1. The summed E-state index contributed by atoms with van der Waals surface area (Å²) >= 11 is 1.38. The summed E-state index contributed by atoms with van der Waals surface area (Å²) in [4.78, 5) is 24.4. The first-order valence-corrected chi connectivity index (χ1v) is 12.0. The third kappa shape index (κ3) is 3.47. The van der Waals surface area contributed by atoms with Crippen molar-refractivity contribution in [1.29, 1.82) is 5.26 Å². The lowest BCUT2D eigenvalue weighted by Gasteiger charge is -2.60. The van der Waals surface area contributed by atoms with Crippen LogP contribution in [0.5, 0.6) is 0 Å². The fourth-order valence-electron chi connectivity index (χ4n) is 6.60. The number of rotatable bonds is 6. The first-order valence-electron chi connectivity index (χ1n) is 11.0. The van der Waals surface area contributed by atoms with Gasteiger partial charge >= 0.3 is 0 Å². The van der Waals surface area contributed by atoms with E-state index in [0.29, 0.717) is 29.7 Å². The topological polar surface area (TPSA) is 87.2 Å². The van der Waals surface area contributed by atoms with Gasteiger partial charge in [-0.3, -0.25) is 4.79 Å². The molecule has 0 aliphatic heterocycles. The molecule has 1 amide bonds. The molecule has 8 heteroatoms.